The first-order valence-corrected chi connectivity index (χ1v) is 5.80. The van der Waals surface area contributed by atoms with E-state index < -0.39 is 0 Å². The molecule has 1 N–H and O–H groups in total. The van der Waals surface area contributed by atoms with Crippen molar-refractivity contribution in [2.45, 2.75) is 25.5 Å². The normalized spacial score (nSPS) is 17.3. The fourth-order valence-electron chi connectivity index (χ4n) is 2.00. The molecular weight excluding hydrogens is 202 g/mol. The Hall–Kier alpha value is -1.06. The summed E-state index contributed by atoms with van der Waals surface area (Å²) >= 11 is 0. The van der Waals surface area contributed by atoms with Gasteiger partial charge in [0, 0.05) is 32.1 Å². The van der Waals surface area contributed by atoms with Crippen LogP contribution in [0, 0.1) is 0 Å². The van der Waals surface area contributed by atoms with Crippen molar-refractivity contribution < 1.29 is 9.47 Å². The molecule has 0 bridgehead atoms. The van der Waals surface area contributed by atoms with Crippen LogP contribution in [-0.2, 0) is 16.1 Å². The second-order valence-corrected chi connectivity index (χ2v) is 4.16. The van der Waals surface area contributed by atoms with Crippen LogP contribution in [-0.4, -0.2) is 26.4 Å². The van der Waals surface area contributed by atoms with E-state index in [1.807, 2.05) is 0 Å². The second-order valence-electron chi connectivity index (χ2n) is 4.16. The Bertz CT molecular complexity index is 321. The van der Waals surface area contributed by atoms with Gasteiger partial charge in [0.1, 0.15) is 0 Å². The molecule has 1 aromatic rings. The van der Waals surface area contributed by atoms with E-state index in [4.69, 9.17) is 9.47 Å². The third-order valence-corrected chi connectivity index (χ3v) is 2.83. The zero-order valence-corrected chi connectivity index (χ0v) is 9.74. The minimum Gasteiger partial charge on any atom is -0.382 e. The number of benzene rings is 1. The van der Waals surface area contributed by atoms with Crippen molar-refractivity contribution in [3.8, 4) is 0 Å². The van der Waals surface area contributed by atoms with Gasteiger partial charge in [-0.1, -0.05) is 12.1 Å². The highest BCUT2D eigenvalue weighted by Crippen LogP contribution is 2.16. The Morgan fingerprint density at radius 2 is 2.19 bits per heavy atom. The summed E-state index contributed by atoms with van der Waals surface area (Å²) in [5.74, 6) is 0. The van der Waals surface area contributed by atoms with Gasteiger partial charge in [-0.2, -0.15) is 0 Å². The number of anilines is 1. The molecule has 16 heavy (non-hydrogen) atoms. The molecule has 88 valence electrons. The van der Waals surface area contributed by atoms with E-state index in [2.05, 4.69) is 29.6 Å². The average Bonchev–Trinajstić information content (AvgIpc) is 2.31. The minimum absolute atomic E-state index is 0.548. The predicted octanol–water partition coefficient (Wildman–Crippen LogP) is 2.42. The molecule has 0 spiro atoms. The lowest BCUT2D eigenvalue weighted by atomic mass is 10.1. The van der Waals surface area contributed by atoms with Crippen LogP contribution in [0.2, 0.25) is 0 Å². The maximum Gasteiger partial charge on any atom is 0.0713 e. The summed E-state index contributed by atoms with van der Waals surface area (Å²) in [6, 6.07) is 8.95. The Balaban J connectivity index is 1.94. The molecule has 0 atom stereocenters. The van der Waals surface area contributed by atoms with Crippen molar-refractivity contribution in [1.29, 1.82) is 0 Å². The van der Waals surface area contributed by atoms with Gasteiger partial charge >= 0.3 is 0 Å². The third-order valence-electron chi connectivity index (χ3n) is 2.83. The topological polar surface area (TPSA) is 30.5 Å². The fraction of sp³-hybridized carbons (Fsp3) is 0.538. The summed E-state index contributed by atoms with van der Waals surface area (Å²) in [4.78, 5) is 0. The molecule has 0 saturated carbocycles. The minimum atomic E-state index is 0.548. The van der Waals surface area contributed by atoms with E-state index in [9.17, 15) is 0 Å². The number of ether oxygens (including phenoxy) is 2. The Morgan fingerprint density at radius 1 is 1.38 bits per heavy atom. The SMILES string of the molecule is COCc1cccc(NC2CCOCC2)c1. The number of hydrogen-bond donors (Lipinski definition) is 1. The molecule has 1 aromatic carbocycles. The summed E-state index contributed by atoms with van der Waals surface area (Å²) in [6.45, 7) is 2.41. The van der Waals surface area contributed by atoms with Crippen LogP contribution in [0.4, 0.5) is 5.69 Å². The molecule has 3 heteroatoms. The molecule has 0 unspecified atom stereocenters. The molecule has 0 aromatic heterocycles. The van der Waals surface area contributed by atoms with E-state index in [0.717, 1.165) is 26.1 Å². The lowest BCUT2D eigenvalue weighted by Gasteiger charge is -2.24. The standard InChI is InChI=1S/C13H19NO2/c1-15-10-11-3-2-4-13(9-11)14-12-5-7-16-8-6-12/h2-4,9,12,14H,5-8,10H2,1H3. The van der Waals surface area contributed by atoms with Gasteiger partial charge in [0.25, 0.3) is 0 Å². The fourth-order valence-corrected chi connectivity index (χ4v) is 2.00. The summed E-state index contributed by atoms with van der Waals surface area (Å²) in [5, 5.41) is 3.54. The number of methoxy groups -OCH3 is 1. The molecular formula is C13H19NO2. The zero-order valence-electron chi connectivity index (χ0n) is 9.74. The van der Waals surface area contributed by atoms with E-state index in [1.165, 1.54) is 11.3 Å². The molecule has 1 fully saturated rings. The lowest BCUT2D eigenvalue weighted by Crippen LogP contribution is -2.27. The van der Waals surface area contributed by atoms with Crippen LogP contribution in [0.3, 0.4) is 0 Å². The maximum atomic E-state index is 5.34. The molecule has 0 amide bonds. The third kappa shape index (κ3) is 3.22. The highest BCUT2D eigenvalue weighted by Gasteiger charge is 2.13. The number of rotatable bonds is 4. The van der Waals surface area contributed by atoms with Crippen molar-refractivity contribution in [2.75, 3.05) is 25.6 Å². The van der Waals surface area contributed by atoms with Crippen LogP contribution >= 0.6 is 0 Å². The summed E-state index contributed by atoms with van der Waals surface area (Å²) in [5.41, 5.74) is 2.39. The van der Waals surface area contributed by atoms with Gasteiger partial charge in [-0.15, -0.1) is 0 Å². The zero-order chi connectivity index (χ0) is 11.2. The average molecular weight is 221 g/mol. The van der Waals surface area contributed by atoms with Crippen LogP contribution in [0.1, 0.15) is 18.4 Å². The quantitative estimate of drug-likeness (QED) is 0.847. The first-order chi connectivity index (χ1) is 7.88. The van der Waals surface area contributed by atoms with E-state index in [0.29, 0.717) is 12.6 Å². The van der Waals surface area contributed by atoms with Crippen molar-refractivity contribution >= 4 is 5.69 Å². The first-order valence-electron chi connectivity index (χ1n) is 5.80. The van der Waals surface area contributed by atoms with E-state index in [1.54, 1.807) is 7.11 Å². The van der Waals surface area contributed by atoms with Crippen LogP contribution in [0.25, 0.3) is 0 Å². The van der Waals surface area contributed by atoms with Crippen molar-refractivity contribution in [3.05, 3.63) is 29.8 Å². The second kappa shape index (κ2) is 5.87. The number of nitrogens with one attached hydrogen (secondary N) is 1. The molecule has 0 aliphatic carbocycles. The molecule has 3 nitrogen and oxygen atoms in total. The molecule has 1 aliphatic rings. The van der Waals surface area contributed by atoms with Gasteiger partial charge in [-0.25, -0.2) is 0 Å². The van der Waals surface area contributed by atoms with Crippen LogP contribution < -0.4 is 5.32 Å². The summed E-state index contributed by atoms with van der Waals surface area (Å²) in [6.07, 6.45) is 2.18. The molecule has 1 saturated heterocycles. The highest BCUT2D eigenvalue weighted by molar-refractivity contribution is 5.46. The monoisotopic (exact) mass is 221 g/mol. The Morgan fingerprint density at radius 3 is 2.94 bits per heavy atom. The van der Waals surface area contributed by atoms with Crippen molar-refractivity contribution in [1.82, 2.24) is 0 Å². The van der Waals surface area contributed by atoms with Crippen LogP contribution in [0.5, 0.6) is 0 Å². The molecule has 0 radical (unpaired) electrons. The van der Waals surface area contributed by atoms with Gasteiger partial charge in [-0.3, -0.25) is 0 Å². The lowest BCUT2D eigenvalue weighted by molar-refractivity contribution is 0.0904. The Labute approximate surface area is 96.8 Å². The highest BCUT2D eigenvalue weighted by atomic mass is 16.5. The maximum absolute atomic E-state index is 5.34. The van der Waals surface area contributed by atoms with Gasteiger partial charge in [0.2, 0.25) is 0 Å². The largest absolute Gasteiger partial charge is 0.382 e. The first kappa shape index (κ1) is 11.4. The van der Waals surface area contributed by atoms with Crippen molar-refractivity contribution in [3.63, 3.8) is 0 Å². The van der Waals surface area contributed by atoms with Crippen LogP contribution in [0.15, 0.2) is 24.3 Å². The summed E-state index contributed by atoms with van der Waals surface area (Å²) < 4.78 is 10.5. The van der Waals surface area contributed by atoms with Gasteiger partial charge in [-0.05, 0) is 30.5 Å². The predicted molar refractivity (Wildman–Crippen MR) is 64.6 cm³/mol. The van der Waals surface area contributed by atoms with E-state index >= 15 is 0 Å². The van der Waals surface area contributed by atoms with Gasteiger partial charge < -0.3 is 14.8 Å². The molecule has 1 aliphatic heterocycles. The number of hydrogen-bond acceptors (Lipinski definition) is 3. The van der Waals surface area contributed by atoms with E-state index in [-0.39, 0.29) is 0 Å². The van der Waals surface area contributed by atoms with Gasteiger partial charge in [0.05, 0.1) is 6.61 Å². The molecule has 1 heterocycles. The molecule has 2 rings (SSSR count). The summed E-state index contributed by atoms with van der Waals surface area (Å²) in [7, 11) is 1.72. The Kier molecular flexibility index (Phi) is 4.19. The smallest absolute Gasteiger partial charge is 0.0713 e. The van der Waals surface area contributed by atoms with Gasteiger partial charge in [0.15, 0.2) is 0 Å². The van der Waals surface area contributed by atoms with Crippen molar-refractivity contribution in [2.24, 2.45) is 0 Å².